The molecule has 0 aromatic heterocycles. The van der Waals surface area contributed by atoms with Crippen LogP contribution in [0.25, 0.3) is 0 Å². The van der Waals surface area contributed by atoms with Crippen LogP contribution >= 0.6 is 0 Å². The van der Waals surface area contributed by atoms with Crippen molar-refractivity contribution >= 4 is 11.9 Å². The van der Waals surface area contributed by atoms with Crippen LogP contribution in [-0.4, -0.2) is 41.1 Å². The summed E-state index contributed by atoms with van der Waals surface area (Å²) >= 11 is 0. The van der Waals surface area contributed by atoms with Crippen molar-refractivity contribution < 1.29 is 19.1 Å². The Labute approximate surface area is 95.4 Å². The number of carbonyl (C=O) groups is 2. The van der Waals surface area contributed by atoms with Gasteiger partial charge in [0.1, 0.15) is 6.54 Å². The zero-order chi connectivity index (χ0) is 12.6. The van der Waals surface area contributed by atoms with Gasteiger partial charge in [0, 0.05) is 13.0 Å². The molecule has 0 aromatic rings. The lowest BCUT2D eigenvalue weighted by Gasteiger charge is -2.18. The predicted molar refractivity (Wildman–Crippen MR) is 58.9 cm³/mol. The van der Waals surface area contributed by atoms with Gasteiger partial charge in [-0.2, -0.15) is 0 Å². The third-order valence-corrected chi connectivity index (χ3v) is 2.41. The van der Waals surface area contributed by atoms with Crippen LogP contribution in [0, 0.1) is 0 Å². The van der Waals surface area contributed by atoms with Crippen LogP contribution in [0.2, 0.25) is 0 Å². The van der Waals surface area contributed by atoms with E-state index in [1.165, 1.54) is 4.90 Å². The molecule has 5 heteroatoms. The molecule has 0 rings (SSSR count). The van der Waals surface area contributed by atoms with Crippen molar-refractivity contribution in [1.29, 1.82) is 0 Å². The topological polar surface area (TPSA) is 57.6 Å². The maximum Gasteiger partial charge on any atom is 0.323 e. The number of aliphatic carboxylic acids is 1. The molecular weight excluding hydrogens is 213 g/mol. The lowest BCUT2D eigenvalue weighted by Crippen LogP contribution is -2.35. The van der Waals surface area contributed by atoms with Crippen LogP contribution in [0.5, 0.6) is 0 Å². The zero-order valence-corrected chi connectivity index (χ0v) is 9.91. The van der Waals surface area contributed by atoms with Crippen LogP contribution in [0.3, 0.4) is 0 Å². The number of carbonyl (C=O) groups excluding carboxylic acids is 1. The first-order valence-corrected chi connectivity index (χ1v) is 5.64. The molecule has 1 atom stereocenters. The molecule has 0 fully saturated rings. The minimum Gasteiger partial charge on any atom is -0.480 e. The molecule has 94 valence electrons. The van der Waals surface area contributed by atoms with E-state index in [4.69, 9.17) is 5.11 Å². The van der Waals surface area contributed by atoms with Crippen molar-refractivity contribution in [2.24, 2.45) is 0 Å². The summed E-state index contributed by atoms with van der Waals surface area (Å²) in [4.78, 5) is 23.2. The second-order valence-corrected chi connectivity index (χ2v) is 3.70. The van der Waals surface area contributed by atoms with E-state index in [0.717, 1.165) is 0 Å². The summed E-state index contributed by atoms with van der Waals surface area (Å²) in [5, 5.41) is 8.56. The molecule has 1 N–H and O–H groups in total. The van der Waals surface area contributed by atoms with Crippen LogP contribution in [0.15, 0.2) is 0 Å². The molecule has 0 saturated carbocycles. The summed E-state index contributed by atoms with van der Waals surface area (Å²) in [6, 6.07) is 0. The van der Waals surface area contributed by atoms with E-state index in [-0.39, 0.29) is 18.9 Å². The third kappa shape index (κ3) is 6.37. The molecule has 0 bridgehead atoms. The molecule has 1 unspecified atom stereocenters. The van der Waals surface area contributed by atoms with Gasteiger partial charge in [0.25, 0.3) is 0 Å². The van der Waals surface area contributed by atoms with E-state index >= 15 is 0 Å². The largest absolute Gasteiger partial charge is 0.480 e. The highest BCUT2D eigenvalue weighted by atomic mass is 19.1. The average Bonchev–Trinajstić information content (AvgIpc) is 2.24. The summed E-state index contributed by atoms with van der Waals surface area (Å²) in [7, 11) is 0. The van der Waals surface area contributed by atoms with Crippen molar-refractivity contribution in [1.82, 2.24) is 4.90 Å². The fraction of sp³-hybridized carbons (Fsp3) is 0.818. The van der Waals surface area contributed by atoms with Gasteiger partial charge in [-0.25, -0.2) is 4.39 Å². The standard InChI is InChI=1S/C11H20FNO3/c1-3-9(12)6-5-7-10(14)13(4-2)8-11(15)16/h9H,3-8H2,1-2H3,(H,15,16). The number of likely N-dealkylation sites (N-methyl/N-ethyl adjacent to an activating group) is 1. The van der Waals surface area contributed by atoms with Crippen molar-refractivity contribution in [2.45, 2.75) is 45.7 Å². The van der Waals surface area contributed by atoms with Gasteiger partial charge in [0.2, 0.25) is 5.91 Å². The first-order chi connectivity index (χ1) is 7.51. The van der Waals surface area contributed by atoms with Gasteiger partial charge < -0.3 is 10.0 Å². The highest BCUT2D eigenvalue weighted by Gasteiger charge is 2.14. The number of halogens is 1. The fourth-order valence-corrected chi connectivity index (χ4v) is 1.38. The zero-order valence-electron chi connectivity index (χ0n) is 9.91. The van der Waals surface area contributed by atoms with Crippen LogP contribution in [0.1, 0.15) is 39.5 Å². The Kier molecular flexibility index (Phi) is 7.50. The molecule has 0 aliphatic rings. The summed E-state index contributed by atoms with van der Waals surface area (Å²) in [6.07, 6.45) is 0.668. The molecule has 0 aliphatic carbocycles. The minimum absolute atomic E-state index is 0.215. The van der Waals surface area contributed by atoms with Gasteiger partial charge in [-0.15, -0.1) is 0 Å². The number of amides is 1. The van der Waals surface area contributed by atoms with Crippen LogP contribution in [-0.2, 0) is 9.59 Å². The Hall–Kier alpha value is -1.13. The summed E-state index contributed by atoms with van der Waals surface area (Å²) in [6.45, 7) is 3.58. The first kappa shape index (κ1) is 14.9. The number of carboxylic acid groups (broad SMARTS) is 1. The minimum atomic E-state index is -1.02. The van der Waals surface area contributed by atoms with E-state index < -0.39 is 12.1 Å². The first-order valence-electron chi connectivity index (χ1n) is 5.64. The average molecular weight is 233 g/mol. The summed E-state index contributed by atoms with van der Waals surface area (Å²) in [5.74, 6) is -1.24. The quantitative estimate of drug-likeness (QED) is 0.696. The Morgan fingerprint density at radius 2 is 2.00 bits per heavy atom. The van der Waals surface area contributed by atoms with Crippen LogP contribution in [0.4, 0.5) is 4.39 Å². The van der Waals surface area contributed by atoms with E-state index in [1.54, 1.807) is 13.8 Å². The number of rotatable bonds is 8. The molecule has 0 aliphatic heterocycles. The van der Waals surface area contributed by atoms with Crippen molar-refractivity contribution in [2.75, 3.05) is 13.1 Å². The van der Waals surface area contributed by atoms with Crippen molar-refractivity contribution in [3.63, 3.8) is 0 Å². The van der Waals surface area contributed by atoms with Crippen LogP contribution < -0.4 is 0 Å². The summed E-state index contributed by atoms with van der Waals surface area (Å²) < 4.78 is 12.9. The lowest BCUT2D eigenvalue weighted by molar-refractivity contribution is -0.144. The normalized spacial score (nSPS) is 12.2. The fourth-order valence-electron chi connectivity index (χ4n) is 1.38. The van der Waals surface area contributed by atoms with E-state index in [2.05, 4.69) is 0 Å². The molecule has 0 heterocycles. The smallest absolute Gasteiger partial charge is 0.323 e. The Morgan fingerprint density at radius 3 is 2.44 bits per heavy atom. The van der Waals surface area contributed by atoms with Gasteiger partial charge >= 0.3 is 5.97 Å². The number of nitrogens with zero attached hydrogens (tertiary/aromatic N) is 1. The van der Waals surface area contributed by atoms with Crippen molar-refractivity contribution in [3.05, 3.63) is 0 Å². The molecular formula is C11H20FNO3. The Morgan fingerprint density at radius 1 is 1.38 bits per heavy atom. The molecule has 0 aromatic carbocycles. The second-order valence-electron chi connectivity index (χ2n) is 3.70. The van der Waals surface area contributed by atoms with E-state index in [1.807, 2.05) is 0 Å². The van der Waals surface area contributed by atoms with Gasteiger partial charge in [0.15, 0.2) is 0 Å². The molecule has 0 radical (unpaired) electrons. The molecule has 1 amide bonds. The highest BCUT2D eigenvalue weighted by Crippen LogP contribution is 2.09. The number of carboxylic acids is 1. The van der Waals surface area contributed by atoms with Gasteiger partial charge in [-0.05, 0) is 26.2 Å². The third-order valence-electron chi connectivity index (χ3n) is 2.41. The highest BCUT2D eigenvalue weighted by molar-refractivity contribution is 5.81. The molecule has 4 nitrogen and oxygen atoms in total. The monoisotopic (exact) mass is 233 g/mol. The number of alkyl halides is 1. The van der Waals surface area contributed by atoms with E-state index in [0.29, 0.717) is 25.8 Å². The van der Waals surface area contributed by atoms with Gasteiger partial charge in [-0.3, -0.25) is 9.59 Å². The maximum absolute atomic E-state index is 12.9. The van der Waals surface area contributed by atoms with Gasteiger partial charge in [-0.1, -0.05) is 6.92 Å². The summed E-state index contributed by atoms with van der Waals surface area (Å²) in [5.41, 5.74) is 0. The molecule has 0 spiro atoms. The lowest BCUT2D eigenvalue weighted by atomic mass is 10.1. The van der Waals surface area contributed by atoms with Crippen molar-refractivity contribution in [3.8, 4) is 0 Å². The second kappa shape index (κ2) is 8.07. The SMILES string of the molecule is CCC(F)CCCC(=O)N(CC)CC(=O)O. The van der Waals surface area contributed by atoms with E-state index in [9.17, 15) is 14.0 Å². The Balaban J connectivity index is 3.88. The number of hydrogen-bond acceptors (Lipinski definition) is 2. The molecule has 0 saturated heterocycles. The number of hydrogen-bond donors (Lipinski definition) is 1. The maximum atomic E-state index is 12.9. The van der Waals surface area contributed by atoms with Gasteiger partial charge in [0.05, 0.1) is 6.17 Å². The predicted octanol–water partition coefficient (Wildman–Crippen LogP) is 1.84. The Bertz CT molecular complexity index is 233. The molecule has 16 heavy (non-hydrogen) atoms.